The Kier molecular flexibility index (Phi) is 14.0. The predicted octanol–water partition coefficient (Wildman–Crippen LogP) is 4.88. The highest BCUT2D eigenvalue weighted by atomic mass is 32.2. The lowest BCUT2D eigenvalue weighted by Gasteiger charge is -2.37. The maximum atomic E-state index is 13.8. The molecule has 1 aromatic rings. The summed E-state index contributed by atoms with van der Waals surface area (Å²) >= 11 is 1.44. The quantitative estimate of drug-likeness (QED) is 0.214. The van der Waals surface area contributed by atoms with Gasteiger partial charge in [-0.3, -0.25) is 14.4 Å². The molecule has 0 saturated carbocycles. The molecular weight excluding hydrogens is 580 g/mol. The third kappa shape index (κ3) is 11.6. The van der Waals surface area contributed by atoms with Crippen molar-refractivity contribution in [1.29, 1.82) is 0 Å². The third-order valence-electron chi connectivity index (χ3n) is 7.65. The second-order valence-corrected chi connectivity index (χ2v) is 15.0. The number of anilines is 1. The van der Waals surface area contributed by atoms with E-state index in [0.717, 1.165) is 23.4 Å². The Morgan fingerprint density at radius 2 is 1.77 bits per heavy atom. The van der Waals surface area contributed by atoms with Gasteiger partial charge in [0, 0.05) is 37.4 Å². The number of hydrogen-bond acceptors (Lipinski definition) is 7. The van der Waals surface area contributed by atoms with Crippen LogP contribution in [0, 0.1) is 17.3 Å². The number of amides is 4. The van der Waals surface area contributed by atoms with Crippen LogP contribution >= 0.6 is 11.8 Å². The van der Waals surface area contributed by atoms with Crippen LogP contribution in [0.5, 0.6) is 0 Å². The minimum atomic E-state index is -1.06. The lowest BCUT2D eigenvalue weighted by Crippen LogP contribution is -2.50. The molecule has 1 aliphatic heterocycles. The van der Waals surface area contributed by atoms with Gasteiger partial charge in [0.15, 0.2) is 0 Å². The highest BCUT2D eigenvalue weighted by molar-refractivity contribution is 8.00. The van der Waals surface area contributed by atoms with Crippen molar-refractivity contribution in [3.63, 3.8) is 0 Å². The van der Waals surface area contributed by atoms with Crippen molar-refractivity contribution >= 4 is 41.3 Å². The Balaban J connectivity index is 2.28. The first-order valence-electron chi connectivity index (χ1n) is 15.7. The molecule has 1 aromatic carbocycles. The molecule has 4 amide bonds. The van der Waals surface area contributed by atoms with E-state index in [1.165, 1.54) is 11.8 Å². The molecule has 11 heteroatoms. The monoisotopic (exact) mass is 634 g/mol. The largest absolute Gasteiger partial charge is 0.444 e. The van der Waals surface area contributed by atoms with E-state index in [4.69, 9.17) is 4.74 Å². The Bertz CT molecular complexity index is 1140. The molecule has 1 heterocycles. The lowest BCUT2D eigenvalue weighted by molar-refractivity contribution is -0.127. The molecule has 248 valence electrons. The molecule has 10 nitrogen and oxygen atoms in total. The van der Waals surface area contributed by atoms with Crippen molar-refractivity contribution in [2.24, 2.45) is 17.3 Å². The van der Waals surface area contributed by atoms with E-state index in [9.17, 15) is 24.3 Å². The molecule has 0 bridgehead atoms. The lowest BCUT2D eigenvalue weighted by atomic mass is 9.78. The van der Waals surface area contributed by atoms with Crippen LogP contribution in [-0.4, -0.2) is 72.1 Å². The van der Waals surface area contributed by atoms with Crippen molar-refractivity contribution in [3.8, 4) is 0 Å². The summed E-state index contributed by atoms with van der Waals surface area (Å²) in [4.78, 5) is 54.8. The molecule has 0 spiro atoms. The van der Waals surface area contributed by atoms with Crippen LogP contribution < -0.4 is 20.9 Å². The summed E-state index contributed by atoms with van der Waals surface area (Å²) in [5.74, 6) is -0.917. The number of carbonyl (C=O) groups is 4. The summed E-state index contributed by atoms with van der Waals surface area (Å²) in [7, 11) is 1.58. The summed E-state index contributed by atoms with van der Waals surface area (Å²) < 4.78 is 5.50. The minimum Gasteiger partial charge on any atom is -0.444 e. The van der Waals surface area contributed by atoms with Gasteiger partial charge in [0.05, 0.1) is 17.8 Å². The number of carbonyl (C=O) groups excluding carboxylic acids is 4. The number of rotatable bonds is 14. The van der Waals surface area contributed by atoms with Crippen LogP contribution in [0.15, 0.2) is 29.2 Å². The van der Waals surface area contributed by atoms with Gasteiger partial charge < -0.3 is 30.7 Å². The number of aliphatic hydroxyl groups is 1. The summed E-state index contributed by atoms with van der Waals surface area (Å²) in [6.07, 6.45) is 0.595. The molecule has 0 radical (unpaired) electrons. The van der Waals surface area contributed by atoms with E-state index in [0.29, 0.717) is 6.54 Å². The standard InChI is InChI=1S/C33H54N4O6S/c1-10-11-16-35-29(40)22(21(2)3)17-25(38)23(36-31(42)43-32(4,5)6)18-33(7,8)19-28(39)37-20-27(30(41)34-9)44-26-15-13-12-14-24(26)37/h12-15,21-23,25,27,38H,10-11,16-20H2,1-9H3,(H,34,41)(H,35,40)(H,36,42)/t22-,23-,25-,27?/m0/s1. The predicted molar refractivity (Wildman–Crippen MR) is 176 cm³/mol. The van der Waals surface area contributed by atoms with Crippen molar-refractivity contribution in [3.05, 3.63) is 24.3 Å². The minimum absolute atomic E-state index is 0.0339. The van der Waals surface area contributed by atoms with E-state index in [-0.39, 0.29) is 49.4 Å². The fourth-order valence-corrected chi connectivity index (χ4v) is 6.52. The van der Waals surface area contributed by atoms with Crippen LogP contribution in [-0.2, 0) is 19.1 Å². The van der Waals surface area contributed by atoms with Crippen LogP contribution in [0.25, 0.3) is 0 Å². The molecule has 0 saturated heterocycles. The molecule has 0 aliphatic carbocycles. The second kappa shape index (κ2) is 16.5. The zero-order valence-electron chi connectivity index (χ0n) is 28.0. The van der Waals surface area contributed by atoms with Gasteiger partial charge in [-0.1, -0.05) is 53.2 Å². The molecule has 44 heavy (non-hydrogen) atoms. The van der Waals surface area contributed by atoms with Gasteiger partial charge in [0.25, 0.3) is 0 Å². The van der Waals surface area contributed by atoms with Crippen LogP contribution in [0.4, 0.5) is 10.5 Å². The molecule has 4 N–H and O–H groups in total. The number of fused-ring (bicyclic) bond motifs is 1. The number of hydrogen-bond donors (Lipinski definition) is 4. The molecule has 1 aliphatic rings. The van der Waals surface area contributed by atoms with Crippen molar-refractivity contribution in [1.82, 2.24) is 16.0 Å². The number of unbranched alkanes of at least 4 members (excludes halogenated alkanes) is 1. The highest BCUT2D eigenvalue weighted by Crippen LogP contribution is 2.40. The van der Waals surface area contributed by atoms with Crippen molar-refractivity contribution < 1.29 is 29.0 Å². The maximum absolute atomic E-state index is 13.8. The number of ether oxygens (including phenoxy) is 1. The maximum Gasteiger partial charge on any atom is 0.407 e. The third-order valence-corrected chi connectivity index (χ3v) is 8.90. The normalized spacial score (nSPS) is 17.2. The van der Waals surface area contributed by atoms with E-state index in [1.54, 1.807) is 32.7 Å². The average Bonchev–Trinajstić information content (AvgIpc) is 2.92. The van der Waals surface area contributed by atoms with Gasteiger partial charge in [-0.2, -0.15) is 0 Å². The summed E-state index contributed by atoms with van der Waals surface area (Å²) in [5, 5.41) is 19.6. The average molecular weight is 635 g/mol. The van der Waals surface area contributed by atoms with Crippen molar-refractivity contribution in [2.75, 3.05) is 25.0 Å². The van der Waals surface area contributed by atoms with E-state index in [1.807, 2.05) is 52.0 Å². The number of aliphatic hydroxyl groups excluding tert-OH is 1. The first-order chi connectivity index (χ1) is 20.5. The van der Waals surface area contributed by atoms with E-state index < -0.39 is 40.4 Å². The van der Waals surface area contributed by atoms with Gasteiger partial charge >= 0.3 is 6.09 Å². The first kappa shape index (κ1) is 37.4. The topological polar surface area (TPSA) is 137 Å². The van der Waals surface area contributed by atoms with Gasteiger partial charge in [-0.05, 0) is 63.5 Å². The molecule has 0 aromatic heterocycles. The number of alkyl carbamates (subject to hydrolysis) is 1. The number of thioether (sulfide) groups is 1. The summed E-state index contributed by atoms with van der Waals surface area (Å²) in [6, 6.07) is 6.75. The number of nitrogens with zero attached hydrogens (tertiary/aromatic N) is 1. The summed E-state index contributed by atoms with van der Waals surface area (Å²) in [5.41, 5.74) is -0.655. The fraction of sp³-hybridized carbons (Fsp3) is 0.697. The number of nitrogens with one attached hydrogen (secondary N) is 3. The Morgan fingerprint density at radius 1 is 1.11 bits per heavy atom. The highest BCUT2D eigenvalue weighted by Gasteiger charge is 2.38. The fourth-order valence-electron chi connectivity index (χ4n) is 5.31. The second-order valence-electron chi connectivity index (χ2n) is 13.8. The zero-order chi connectivity index (χ0) is 33.2. The van der Waals surface area contributed by atoms with Crippen molar-refractivity contribution in [2.45, 2.75) is 115 Å². The molecule has 2 rings (SSSR count). The Labute approximate surface area is 267 Å². The number of para-hydroxylation sites is 1. The molecule has 4 atom stereocenters. The molecular formula is C33H54N4O6S. The van der Waals surface area contributed by atoms with Crippen LogP contribution in [0.2, 0.25) is 0 Å². The first-order valence-corrected chi connectivity index (χ1v) is 16.6. The zero-order valence-corrected chi connectivity index (χ0v) is 28.8. The van der Waals surface area contributed by atoms with E-state index in [2.05, 4.69) is 22.9 Å². The van der Waals surface area contributed by atoms with E-state index >= 15 is 0 Å². The Hall–Kier alpha value is -2.79. The van der Waals surface area contributed by atoms with Crippen LogP contribution in [0.3, 0.4) is 0 Å². The SMILES string of the molecule is CCCCNC(=O)[C@@H](C[C@H](O)[C@H](CC(C)(C)CC(=O)N1CC(C(=O)NC)Sc2ccccc21)NC(=O)OC(C)(C)C)C(C)C. The van der Waals surface area contributed by atoms with Gasteiger partial charge in [-0.25, -0.2) is 4.79 Å². The molecule has 1 unspecified atom stereocenters. The van der Waals surface area contributed by atoms with Gasteiger partial charge in [0.2, 0.25) is 17.7 Å². The summed E-state index contributed by atoms with van der Waals surface area (Å²) in [6.45, 7) is 15.9. The molecule has 0 fully saturated rings. The van der Waals surface area contributed by atoms with Gasteiger partial charge in [0.1, 0.15) is 10.9 Å². The van der Waals surface area contributed by atoms with Gasteiger partial charge in [-0.15, -0.1) is 11.8 Å². The smallest absolute Gasteiger partial charge is 0.407 e. The number of benzene rings is 1. The van der Waals surface area contributed by atoms with Crippen LogP contribution in [0.1, 0.15) is 87.5 Å². The Morgan fingerprint density at radius 3 is 2.36 bits per heavy atom.